The summed E-state index contributed by atoms with van der Waals surface area (Å²) in [7, 11) is 9.62. The number of hydrogen-bond acceptors (Lipinski definition) is 4. The molecule has 0 radical (unpaired) electrons. The molecule has 0 aliphatic rings. The van der Waals surface area contributed by atoms with Crippen LogP contribution in [0.5, 0.6) is 0 Å². The van der Waals surface area contributed by atoms with E-state index in [4.69, 9.17) is 0 Å². The average molecular weight is 350 g/mol. The lowest BCUT2D eigenvalue weighted by atomic mass is 10.4. The number of nitrogens with one attached hydrogen (secondary N) is 3. The maximum absolute atomic E-state index is 13.0. The fourth-order valence-electron chi connectivity index (χ4n) is 2.06. The second-order valence-electron chi connectivity index (χ2n) is 6.80. The van der Waals surface area contributed by atoms with E-state index in [1.165, 1.54) is 0 Å². The molecule has 0 amide bonds. The fraction of sp³-hybridized carbons (Fsp3) is 1.00. The van der Waals surface area contributed by atoms with Crippen LogP contribution in [0, 0.1) is 0 Å². The van der Waals surface area contributed by atoms with Crippen molar-refractivity contribution in [1.82, 2.24) is 30.0 Å². The highest BCUT2D eigenvalue weighted by Crippen LogP contribution is 2.29. The van der Waals surface area contributed by atoms with Crippen LogP contribution in [0.1, 0.15) is 19.3 Å². The predicted molar refractivity (Wildman–Crippen MR) is 101 cm³/mol. The quantitative estimate of drug-likeness (QED) is 0.297. The van der Waals surface area contributed by atoms with Gasteiger partial charge in [-0.05, 0) is 81.2 Å². The second-order valence-corrected chi connectivity index (χ2v) is 8.97. The van der Waals surface area contributed by atoms with Gasteiger partial charge in [0.25, 0.3) is 7.59 Å². The van der Waals surface area contributed by atoms with Crippen molar-refractivity contribution in [2.75, 3.05) is 81.6 Å². The van der Waals surface area contributed by atoms with Crippen molar-refractivity contribution in [2.45, 2.75) is 19.3 Å². The zero-order chi connectivity index (χ0) is 17.7. The lowest BCUT2D eigenvalue weighted by Crippen LogP contribution is -2.35. The molecule has 0 atom stereocenters. The molecule has 0 bridgehead atoms. The molecule has 0 saturated heterocycles. The first-order chi connectivity index (χ1) is 10.7. The van der Waals surface area contributed by atoms with Gasteiger partial charge in [0.2, 0.25) is 0 Å². The Balaban J connectivity index is 4.19. The van der Waals surface area contributed by atoms with Crippen LogP contribution < -0.4 is 15.3 Å². The van der Waals surface area contributed by atoms with Crippen LogP contribution in [0.4, 0.5) is 0 Å². The summed E-state index contributed by atoms with van der Waals surface area (Å²) >= 11 is 0. The highest BCUT2D eigenvalue weighted by atomic mass is 31.2. The van der Waals surface area contributed by atoms with Crippen molar-refractivity contribution in [3.8, 4) is 0 Å². The summed E-state index contributed by atoms with van der Waals surface area (Å²) < 4.78 is 13.0. The Morgan fingerprint density at radius 2 is 0.870 bits per heavy atom. The third kappa shape index (κ3) is 15.3. The summed E-state index contributed by atoms with van der Waals surface area (Å²) in [5.41, 5.74) is 0. The van der Waals surface area contributed by atoms with Gasteiger partial charge >= 0.3 is 0 Å². The van der Waals surface area contributed by atoms with E-state index in [9.17, 15) is 4.57 Å². The minimum absolute atomic E-state index is 0.747. The molecule has 8 heteroatoms. The van der Waals surface area contributed by atoms with Crippen LogP contribution in [-0.4, -0.2) is 96.3 Å². The van der Waals surface area contributed by atoms with E-state index in [-0.39, 0.29) is 0 Å². The van der Waals surface area contributed by atoms with Crippen LogP contribution in [0.25, 0.3) is 0 Å². The summed E-state index contributed by atoms with van der Waals surface area (Å²) in [6.45, 7) is 5.22. The van der Waals surface area contributed by atoms with Gasteiger partial charge < -0.3 is 14.7 Å². The average Bonchev–Trinajstić information content (AvgIpc) is 2.44. The summed E-state index contributed by atoms with van der Waals surface area (Å²) in [5, 5.41) is 9.62. The molecule has 0 fully saturated rings. The first-order valence-corrected chi connectivity index (χ1v) is 10.3. The molecule has 23 heavy (non-hydrogen) atoms. The molecule has 0 aliphatic heterocycles. The third-order valence-corrected chi connectivity index (χ3v) is 5.36. The first-order valence-electron chi connectivity index (χ1n) is 8.55. The molecule has 0 aromatic rings. The van der Waals surface area contributed by atoms with Gasteiger partial charge in [0.05, 0.1) is 0 Å². The molecule has 0 aromatic carbocycles. The summed E-state index contributed by atoms with van der Waals surface area (Å²) in [5.74, 6) is 0. The minimum atomic E-state index is -2.70. The monoisotopic (exact) mass is 350 g/mol. The number of hydrogen-bond donors (Lipinski definition) is 3. The molecular formula is C15H39N6OP. The molecule has 3 N–H and O–H groups in total. The van der Waals surface area contributed by atoms with Gasteiger partial charge in [-0.1, -0.05) is 0 Å². The molecule has 0 saturated carbocycles. The van der Waals surface area contributed by atoms with Gasteiger partial charge in [-0.3, -0.25) is 4.57 Å². The standard InChI is InChI=1S/C15H39N6OP/c1-19(2)13-7-10-16-23(22,17-11-8-14-20(3)4)18-12-9-15-21(5)6/h7-15H2,1-6H3,(H3,16,17,18,22). The van der Waals surface area contributed by atoms with E-state index in [0.29, 0.717) is 0 Å². The van der Waals surface area contributed by atoms with Gasteiger partial charge in [-0.15, -0.1) is 0 Å². The van der Waals surface area contributed by atoms with E-state index in [0.717, 1.165) is 58.5 Å². The summed E-state index contributed by atoms with van der Waals surface area (Å²) in [6.07, 6.45) is 2.95. The Morgan fingerprint density at radius 1 is 0.609 bits per heavy atom. The van der Waals surface area contributed by atoms with E-state index in [1.807, 2.05) is 0 Å². The number of rotatable bonds is 15. The van der Waals surface area contributed by atoms with Gasteiger partial charge in [0, 0.05) is 19.6 Å². The van der Waals surface area contributed by atoms with E-state index >= 15 is 0 Å². The Hall–Kier alpha value is -0.0100. The zero-order valence-corrected chi connectivity index (χ0v) is 17.0. The van der Waals surface area contributed by atoms with Gasteiger partial charge in [-0.2, -0.15) is 0 Å². The molecule has 0 aliphatic carbocycles. The Kier molecular flexibility index (Phi) is 13.3. The summed E-state index contributed by atoms with van der Waals surface area (Å²) in [6, 6.07) is 0. The molecule has 0 heterocycles. The Morgan fingerprint density at radius 3 is 1.09 bits per heavy atom. The van der Waals surface area contributed by atoms with Crippen molar-refractivity contribution in [2.24, 2.45) is 0 Å². The predicted octanol–water partition coefficient (Wildman–Crippen LogP) is 0.718. The van der Waals surface area contributed by atoms with Gasteiger partial charge in [0.1, 0.15) is 0 Å². The van der Waals surface area contributed by atoms with Crippen LogP contribution in [0.15, 0.2) is 0 Å². The molecule has 140 valence electrons. The lowest BCUT2D eigenvalue weighted by Gasteiger charge is -2.23. The van der Waals surface area contributed by atoms with Crippen molar-refractivity contribution in [1.29, 1.82) is 0 Å². The molecule has 0 unspecified atom stereocenters. The van der Waals surface area contributed by atoms with Crippen LogP contribution in [0.2, 0.25) is 0 Å². The minimum Gasteiger partial charge on any atom is -0.309 e. The zero-order valence-electron chi connectivity index (χ0n) is 16.1. The van der Waals surface area contributed by atoms with Crippen LogP contribution in [0.3, 0.4) is 0 Å². The molecule has 7 nitrogen and oxygen atoms in total. The van der Waals surface area contributed by atoms with Crippen molar-refractivity contribution in [3.63, 3.8) is 0 Å². The normalized spacial score (nSPS) is 12.7. The maximum atomic E-state index is 13.0. The topological polar surface area (TPSA) is 62.9 Å². The van der Waals surface area contributed by atoms with E-state index < -0.39 is 7.59 Å². The lowest BCUT2D eigenvalue weighted by molar-refractivity contribution is 0.393. The highest BCUT2D eigenvalue weighted by Gasteiger charge is 2.19. The Labute approximate surface area is 143 Å². The smallest absolute Gasteiger partial charge is 0.279 e. The Bertz CT molecular complexity index is 278. The maximum Gasteiger partial charge on any atom is 0.279 e. The van der Waals surface area contributed by atoms with Crippen molar-refractivity contribution in [3.05, 3.63) is 0 Å². The van der Waals surface area contributed by atoms with E-state index in [2.05, 4.69) is 72.2 Å². The number of nitrogens with zero attached hydrogens (tertiary/aromatic N) is 3. The molecule has 0 aromatic heterocycles. The molecule has 0 rings (SSSR count). The second kappa shape index (κ2) is 13.3. The van der Waals surface area contributed by atoms with Gasteiger partial charge in [-0.25, -0.2) is 15.3 Å². The third-order valence-electron chi connectivity index (χ3n) is 3.35. The first kappa shape index (κ1) is 23.0. The summed E-state index contributed by atoms with van der Waals surface area (Å²) in [4.78, 5) is 6.42. The van der Waals surface area contributed by atoms with Crippen molar-refractivity contribution >= 4 is 7.59 Å². The van der Waals surface area contributed by atoms with Crippen molar-refractivity contribution < 1.29 is 4.57 Å². The molecule has 0 spiro atoms. The largest absolute Gasteiger partial charge is 0.309 e. The van der Waals surface area contributed by atoms with Crippen LogP contribution >= 0.6 is 7.59 Å². The SMILES string of the molecule is CN(C)CCCNP(=O)(NCCCN(C)C)NCCCN(C)C. The fourth-order valence-corrected chi connectivity index (χ4v) is 3.82. The van der Waals surface area contributed by atoms with Crippen LogP contribution in [-0.2, 0) is 4.57 Å². The van der Waals surface area contributed by atoms with E-state index in [1.54, 1.807) is 0 Å². The highest BCUT2D eigenvalue weighted by molar-refractivity contribution is 7.57. The van der Waals surface area contributed by atoms with Gasteiger partial charge in [0.15, 0.2) is 0 Å². The molecular weight excluding hydrogens is 311 g/mol.